The average molecular weight is 313 g/mol. The van der Waals surface area contributed by atoms with Crippen molar-refractivity contribution in [2.45, 2.75) is 39.2 Å². The van der Waals surface area contributed by atoms with Crippen molar-refractivity contribution in [2.75, 3.05) is 6.61 Å². The van der Waals surface area contributed by atoms with Crippen LogP contribution in [0.2, 0.25) is 0 Å². The van der Waals surface area contributed by atoms with Crippen molar-refractivity contribution in [3.63, 3.8) is 0 Å². The van der Waals surface area contributed by atoms with Gasteiger partial charge in [-0.05, 0) is 49.4 Å². The zero-order valence-electron chi connectivity index (χ0n) is 13.4. The minimum Gasteiger partial charge on any atom is -0.491 e. The average Bonchev–Trinajstić information content (AvgIpc) is 3.29. The van der Waals surface area contributed by atoms with E-state index in [1.54, 1.807) is 12.1 Å². The lowest BCUT2D eigenvalue weighted by Crippen LogP contribution is -2.16. The molecule has 0 amide bonds. The number of ether oxygens (including phenoxy) is 1. The molecule has 0 bridgehead atoms. The van der Waals surface area contributed by atoms with Crippen LogP contribution < -0.4 is 4.74 Å². The Morgan fingerprint density at radius 3 is 2.87 bits per heavy atom. The van der Waals surface area contributed by atoms with Crippen molar-refractivity contribution in [1.29, 1.82) is 0 Å². The monoisotopic (exact) mass is 313 g/mol. The maximum Gasteiger partial charge on any atom is 0.168 e. The number of nitrogens with zero attached hydrogens (tertiary/aromatic N) is 1. The van der Waals surface area contributed by atoms with Crippen molar-refractivity contribution in [3.05, 3.63) is 41.3 Å². The zero-order chi connectivity index (χ0) is 16.1. The first kappa shape index (κ1) is 14.5. The van der Waals surface area contributed by atoms with Gasteiger partial charge in [-0.3, -0.25) is 4.79 Å². The molecule has 2 heterocycles. The normalized spacial score (nSPS) is 19.2. The second kappa shape index (κ2) is 5.22. The first-order valence-corrected chi connectivity index (χ1v) is 8.30. The predicted octanol–water partition coefficient (Wildman–Crippen LogP) is 4.40. The maximum absolute atomic E-state index is 14.2. The molecule has 4 heteroatoms. The van der Waals surface area contributed by atoms with Gasteiger partial charge >= 0.3 is 0 Å². The highest BCUT2D eigenvalue weighted by molar-refractivity contribution is 6.05. The Bertz CT molecular complexity index is 789. The van der Waals surface area contributed by atoms with Crippen LogP contribution in [0.1, 0.15) is 48.5 Å². The molecule has 1 aliphatic heterocycles. The summed E-state index contributed by atoms with van der Waals surface area (Å²) in [5, 5.41) is 0. The molecule has 1 saturated carbocycles. The van der Waals surface area contributed by atoms with Gasteiger partial charge in [-0.25, -0.2) is 4.39 Å². The third-order valence-corrected chi connectivity index (χ3v) is 4.84. The van der Waals surface area contributed by atoms with Gasteiger partial charge in [0.15, 0.2) is 17.3 Å². The fourth-order valence-electron chi connectivity index (χ4n) is 3.53. The van der Waals surface area contributed by atoms with Gasteiger partial charge in [0.05, 0.1) is 12.3 Å². The van der Waals surface area contributed by atoms with E-state index in [0.717, 1.165) is 41.8 Å². The molecular formula is C19H20FNO2. The van der Waals surface area contributed by atoms with E-state index in [9.17, 15) is 9.18 Å². The molecule has 0 spiro atoms. The first-order valence-electron chi connectivity index (χ1n) is 8.30. The fraction of sp³-hybridized carbons (Fsp3) is 0.421. The number of carbonyl (C=O) groups is 1. The summed E-state index contributed by atoms with van der Waals surface area (Å²) in [4.78, 5) is 12.6. The minimum atomic E-state index is -0.326. The largest absolute Gasteiger partial charge is 0.491 e. The lowest BCUT2D eigenvalue weighted by Gasteiger charge is -2.27. The van der Waals surface area contributed by atoms with Gasteiger partial charge in [-0.1, -0.05) is 6.92 Å². The number of Topliss-reactive ketones (excluding diaryl/α,β-unsaturated/α-hetero) is 1. The SMILES string of the molecule is CCOc1cc2c(cc1F)C(C)Cn1ccc(C(=O)C3CC3)c1-2. The van der Waals surface area contributed by atoms with Crippen molar-refractivity contribution < 1.29 is 13.9 Å². The summed E-state index contributed by atoms with van der Waals surface area (Å²) >= 11 is 0. The molecular weight excluding hydrogens is 293 g/mol. The fourth-order valence-corrected chi connectivity index (χ4v) is 3.53. The Labute approximate surface area is 135 Å². The van der Waals surface area contributed by atoms with Crippen LogP contribution in [0, 0.1) is 11.7 Å². The van der Waals surface area contributed by atoms with E-state index in [1.165, 1.54) is 0 Å². The molecule has 120 valence electrons. The summed E-state index contributed by atoms with van der Waals surface area (Å²) in [6, 6.07) is 5.26. The molecule has 0 saturated heterocycles. The van der Waals surface area contributed by atoms with Crippen LogP contribution in [-0.4, -0.2) is 17.0 Å². The molecule has 2 aliphatic rings. The van der Waals surface area contributed by atoms with E-state index < -0.39 is 0 Å². The van der Waals surface area contributed by atoms with Crippen molar-refractivity contribution in [3.8, 4) is 17.0 Å². The molecule has 1 aliphatic carbocycles. The van der Waals surface area contributed by atoms with Crippen LogP contribution in [-0.2, 0) is 6.54 Å². The zero-order valence-corrected chi connectivity index (χ0v) is 13.4. The number of aromatic nitrogens is 1. The van der Waals surface area contributed by atoms with Crippen LogP contribution in [0.4, 0.5) is 4.39 Å². The summed E-state index contributed by atoms with van der Waals surface area (Å²) < 4.78 is 21.8. The second-order valence-corrected chi connectivity index (χ2v) is 6.57. The van der Waals surface area contributed by atoms with Gasteiger partial charge < -0.3 is 9.30 Å². The summed E-state index contributed by atoms with van der Waals surface area (Å²) in [6.45, 7) is 5.12. The van der Waals surface area contributed by atoms with Crippen LogP contribution in [0.15, 0.2) is 24.4 Å². The maximum atomic E-state index is 14.2. The number of ketones is 1. The lowest BCUT2D eigenvalue weighted by molar-refractivity contribution is 0.0968. The summed E-state index contributed by atoms with van der Waals surface area (Å²) in [5.41, 5.74) is 3.59. The molecule has 4 rings (SSSR count). The highest BCUT2D eigenvalue weighted by atomic mass is 19.1. The Morgan fingerprint density at radius 1 is 1.39 bits per heavy atom. The smallest absolute Gasteiger partial charge is 0.168 e. The Kier molecular flexibility index (Phi) is 3.29. The van der Waals surface area contributed by atoms with E-state index in [1.807, 2.05) is 19.2 Å². The lowest BCUT2D eigenvalue weighted by atomic mass is 9.88. The Morgan fingerprint density at radius 2 is 2.17 bits per heavy atom. The van der Waals surface area contributed by atoms with Crippen molar-refractivity contribution >= 4 is 5.78 Å². The van der Waals surface area contributed by atoms with Gasteiger partial charge in [-0.15, -0.1) is 0 Å². The summed E-state index contributed by atoms with van der Waals surface area (Å²) in [6.07, 6.45) is 3.95. The van der Waals surface area contributed by atoms with Gasteiger partial charge in [0, 0.05) is 29.8 Å². The van der Waals surface area contributed by atoms with Crippen molar-refractivity contribution in [2.24, 2.45) is 5.92 Å². The van der Waals surface area contributed by atoms with Crippen LogP contribution >= 0.6 is 0 Å². The standard InChI is InChI=1S/C19H20FNO2/c1-3-23-17-9-15-14(8-16(17)20)11(2)10-21-7-6-13(18(15)21)19(22)12-4-5-12/h6-9,11-12H,3-5,10H2,1-2H3. The minimum absolute atomic E-state index is 0.178. The van der Waals surface area contributed by atoms with Crippen LogP contribution in [0.25, 0.3) is 11.3 Å². The number of carbonyl (C=O) groups excluding carboxylic acids is 1. The van der Waals surface area contributed by atoms with Crippen LogP contribution in [0.3, 0.4) is 0 Å². The molecule has 1 aromatic heterocycles. The van der Waals surface area contributed by atoms with Gasteiger partial charge in [0.2, 0.25) is 0 Å². The number of hydrogen-bond acceptors (Lipinski definition) is 2. The summed E-state index contributed by atoms with van der Waals surface area (Å²) in [7, 11) is 0. The molecule has 2 aromatic rings. The molecule has 1 fully saturated rings. The van der Waals surface area contributed by atoms with E-state index >= 15 is 0 Å². The summed E-state index contributed by atoms with van der Waals surface area (Å²) in [5.74, 6) is 0.544. The topological polar surface area (TPSA) is 31.2 Å². The Hall–Kier alpha value is -2.10. The number of rotatable bonds is 4. The third kappa shape index (κ3) is 2.28. The molecule has 1 atom stereocenters. The molecule has 1 unspecified atom stereocenters. The Balaban J connectivity index is 1.89. The molecule has 23 heavy (non-hydrogen) atoms. The highest BCUT2D eigenvalue weighted by Gasteiger charge is 2.35. The number of benzene rings is 1. The van der Waals surface area contributed by atoms with Gasteiger partial charge in [0.1, 0.15) is 0 Å². The van der Waals surface area contributed by atoms with Gasteiger partial charge in [0.25, 0.3) is 0 Å². The highest BCUT2D eigenvalue weighted by Crippen LogP contribution is 2.43. The molecule has 3 nitrogen and oxygen atoms in total. The first-order chi connectivity index (χ1) is 11.1. The quantitative estimate of drug-likeness (QED) is 0.783. The van der Waals surface area contributed by atoms with Gasteiger partial charge in [-0.2, -0.15) is 0 Å². The van der Waals surface area contributed by atoms with E-state index in [-0.39, 0.29) is 29.2 Å². The molecule has 0 radical (unpaired) electrons. The molecule has 1 aromatic carbocycles. The second-order valence-electron chi connectivity index (χ2n) is 6.57. The third-order valence-electron chi connectivity index (χ3n) is 4.84. The number of fused-ring (bicyclic) bond motifs is 3. The van der Waals surface area contributed by atoms with Crippen LogP contribution in [0.5, 0.6) is 5.75 Å². The predicted molar refractivity (Wildman–Crippen MR) is 86.5 cm³/mol. The van der Waals surface area contributed by atoms with E-state index in [2.05, 4.69) is 11.5 Å². The molecule has 0 N–H and O–H groups in total. The number of halogens is 1. The number of hydrogen-bond donors (Lipinski definition) is 0. The van der Waals surface area contributed by atoms with E-state index in [4.69, 9.17) is 4.74 Å². The van der Waals surface area contributed by atoms with Crippen molar-refractivity contribution in [1.82, 2.24) is 4.57 Å². The van der Waals surface area contributed by atoms with E-state index in [0.29, 0.717) is 6.61 Å².